The molecule has 0 unspecified atom stereocenters. The Balaban J connectivity index is 9.55. The minimum atomic E-state index is -1.92. The Morgan fingerprint density at radius 1 is 0.208 bits per heavy atom. The Labute approximate surface area is 316 Å². The third-order valence-electron chi connectivity index (χ3n) is 16.8. The Morgan fingerprint density at radius 2 is 0.292 bits per heavy atom. The zero-order valence-corrected chi connectivity index (χ0v) is 48.0. The Bertz CT molecular complexity index is 886. The molecule has 0 rings (SSSR count). The van der Waals surface area contributed by atoms with Crippen molar-refractivity contribution in [1.29, 1.82) is 0 Å². The molecule has 0 atom stereocenters. The van der Waals surface area contributed by atoms with Crippen LogP contribution in [0.25, 0.3) is 0 Å². The summed E-state index contributed by atoms with van der Waals surface area (Å²) in [6, 6.07) is 0. The van der Waals surface area contributed by atoms with Gasteiger partial charge in [0, 0.05) is 59.3 Å². The predicted octanol–water partition coefficient (Wildman–Crippen LogP) is 15.7. The summed E-state index contributed by atoms with van der Waals surface area (Å²) in [6.45, 7) is 90.1. The average Bonchev–Trinajstić information content (AvgIpc) is 2.72. The van der Waals surface area contributed by atoms with Crippen LogP contribution in [-0.4, -0.2) is 59.3 Å². The van der Waals surface area contributed by atoms with Crippen molar-refractivity contribution < 1.29 is 0 Å². The molecule has 0 aliphatic carbocycles. The summed E-state index contributed by atoms with van der Waals surface area (Å²) in [4.78, 5) is 0. The zero-order chi connectivity index (χ0) is 40.2. The standard InChI is InChI=1S/C40H96Si8/c1-33(2,3)45(29,34(4,5)6)41(46(30,35(7,8)9)36(10,11)12)43(25,26)44(27,28)42(47(31,37(13,14)15)38(16,17)18)48(32,39(19,20)21)40(22,23)24/h1-32H3. The lowest BCUT2D eigenvalue weighted by molar-refractivity contribution is 0.625. The second-order valence-electron chi connectivity index (χ2n) is 26.5. The van der Waals surface area contributed by atoms with Gasteiger partial charge in [-0.15, -0.1) is 0 Å². The molecule has 0 aromatic carbocycles. The molecule has 8 heteroatoms. The summed E-state index contributed by atoms with van der Waals surface area (Å²) < 4.78 is 0. The molecule has 0 spiro atoms. The van der Waals surface area contributed by atoms with Crippen molar-refractivity contribution in [2.45, 2.75) is 259 Å². The maximum atomic E-state index is 3.13. The minimum absolute atomic E-state index is 0.371. The van der Waals surface area contributed by atoms with E-state index in [0.29, 0.717) is 40.3 Å². The van der Waals surface area contributed by atoms with Crippen molar-refractivity contribution in [3.63, 3.8) is 0 Å². The van der Waals surface area contributed by atoms with E-state index in [1.165, 1.54) is 0 Å². The molecule has 0 aliphatic rings. The predicted molar refractivity (Wildman–Crippen MR) is 251 cm³/mol. The monoisotopic (exact) mass is 801 g/mol. The quantitative estimate of drug-likeness (QED) is 0.225. The molecule has 0 amide bonds. The van der Waals surface area contributed by atoms with Gasteiger partial charge < -0.3 is 0 Å². The SMILES string of the molecule is CC(C)(C)[Si](C)([Si]([Si](C)(C(C)(C)C)C(C)(C)C)[Si](C)(C)[Si](C)(C)[Si]([Si](C)(C(C)(C)C)C(C)(C)C)[Si](C)(C(C)(C)C)C(C)(C)C)C(C)(C)C. The van der Waals surface area contributed by atoms with Crippen LogP contribution in [0, 0.1) is 0 Å². The molecule has 0 heterocycles. The van der Waals surface area contributed by atoms with E-state index in [4.69, 9.17) is 0 Å². The zero-order valence-electron chi connectivity index (χ0n) is 40.0. The largest absolute Gasteiger partial charge is 0.0739 e. The van der Waals surface area contributed by atoms with Crippen LogP contribution in [0.4, 0.5) is 0 Å². The molecule has 0 nitrogen and oxygen atoms in total. The average molecular weight is 802 g/mol. The van der Waals surface area contributed by atoms with Crippen LogP contribution in [-0.2, 0) is 0 Å². The van der Waals surface area contributed by atoms with E-state index in [1.54, 1.807) is 0 Å². The lowest BCUT2D eigenvalue weighted by Gasteiger charge is -2.73. The molecule has 0 aliphatic heterocycles. The summed E-state index contributed by atoms with van der Waals surface area (Å²) in [6.07, 6.45) is 0. The molecule has 0 fully saturated rings. The highest BCUT2D eigenvalue weighted by Gasteiger charge is 2.77. The highest BCUT2D eigenvalue weighted by molar-refractivity contribution is 8.05. The first-order valence-corrected chi connectivity index (χ1v) is 45.8. The van der Waals surface area contributed by atoms with E-state index in [1.807, 2.05) is 0 Å². The summed E-state index contributed by atoms with van der Waals surface area (Å²) in [5, 5.41) is 2.96. The van der Waals surface area contributed by atoms with Gasteiger partial charge in [-0.05, 0) is 40.3 Å². The van der Waals surface area contributed by atoms with Gasteiger partial charge in [0.2, 0.25) is 0 Å². The molecule has 0 bridgehead atoms. The summed E-state index contributed by atoms with van der Waals surface area (Å²) in [5.74, 6) is 0. The van der Waals surface area contributed by atoms with Crippen LogP contribution in [0.1, 0.15) is 166 Å². The second-order valence-corrected chi connectivity index (χ2v) is 104. The topological polar surface area (TPSA) is 0 Å². The molecule has 0 aromatic rings. The smallest absolute Gasteiger partial charge is 0.0471 e. The fraction of sp³-hybridized carbons (Fsp3) is 1.00. The Hall–Kier alpha value is 1.74. The van der Waals surface area contributed by atoms with E-state index < -0.39 is 59.3 Å². The van der Waals surface area contributed by atoms with E-state index in [0.717, 1.165) is 0 Å². The molecular formula is C40H96Si8. The van der Waals surface area contributed by atoms with Crippen molar-refractivity contribution in [3.8, 4) is 0 Å². The van der Waals surface area contributed by atoms with Gasteiger partial charge in [0.05, 0.1) is 0 Å². The molecular weight excluding hydrogens is 705 g/mol. The van der Waals surface area contributed by atoms with E-state index in [2.05, 4.69) is 219 Å². The van der Waals surface area contributed by atoms with Crippen molar-refractivity contribution >= 4 is 59.3 Å². The lowest BCUT2D eigenvalue weighted by Crippen LogP contribution is -2.95. The van der Waals surface area contributed by atoms with E-state index in [-0.39, 0.29) is 0 Å². The van der Waals surface area contributed by atoms with Crippen LogP contribution in [0.15, 0.2) is 0 Å². The number of hydrogen-bond acceptors (Lipinski definition) is 0. The van der Waals surface area contributed by atoms with Gasteiger partial charge in [0.25, 0.3) is 0 Å². The molecule has 288 valence electrons. The molecule has 0 N–H and O–H groups in total. The van der Waals surface area contributed by atoms with Crippen LogP contribution in [0.2, 0.25) is 92.7 Å². The minimum Gasteiger partial charge on any atom is -0.0739 e. The fourth-order valence-electron chi connectivity index (χ4n) is 11.6. The molecule has 2 radical (unpaired) electrons. The van der Waals surface area contributed by atoms with Gasteiger partial charge >= 0.3 is 0 Å². The van der Waals surface area contributed by atoms with Gasteiger partial charge in [-0.3, -0.25) is 0 Å². The maximum absolute atomic E-state index is 3.13. The third kappa shape index (κ3) is 7.40. The summed E-state index contributed by atoms with van der Waals surface area (Å²) in [7, 11) is -13.0. The third-order valence-corrected chi connectivity index (χ3v) is 183. The van der Waals surface area contributed by atoms with Gasteiger partial charge in [-0.2, -0.15) is 0 Å². The van der Waals surface area contributed by atoms with Gasteiger partial charge in [-0.1, -0.05) is 219 Å². The first kappa shape index (κ1) is 49.7. The fourth-order valence-corrected chi connectivity index (χ4v) is 287. The second kappa shape index (κ2) is 13.2. The maximum Gasteiger partial charge on any atom is 0.0471 e. The summed E-state index contributed by atoms with van der Waals surface area (Å²) >= 11 is 0. The van der Waals surface area contributed by atoms with Gasteiger partial charge in [0.1, 0.15) is 0 Å². The summed E-state index contributed by atoms with van der Waals surface area (Å²) in [5.41, 5.74) is 0. The number of hydrogen-bond donors (Lipinski definition) is 0. The van der Waals surface area contributed by atoms with E-state index >= 15 is 0 Å². The van der Waals surface area contributed by atoms with Crippen molar-refractivity contribution in [2.75, 3.05) is 0 Å². The van der Waals surface area contributed by atoms with Crippen molar-refractivity contribution in [3.05, 3.63) is 0 Å². The first-order valence-electron chi connectivity index (χ1n) is 19.8. The van der Waals surface area contributed by atoms with Crippen molar-refractivity contribution in [1.82, 2.24) is 0 Å². The molecule has 0 aromatic heterocycles. The van der Waals surface area contributed by atoms with Crippen LogP contribution < -0.4 is 0 Å². The highest BCUT2D eigenvalue weighted by atomic mass is 30.2. The van der Waals surface area contributed by atoms with Gasteiger partial charge in [-0.25, -0.2) is 0 Å². The first-order chi connectivity index (χ1) is 20.0. The number of rotatable bonds is 7. The van der Waals surface area contributed by atoms with Crippen LogP contribution in [0.5, 0.6) is 0 Å². The Kier molecular flexibility index (Phi) is 13.7. The van der Waals surface area contributed by atoms with E-state index in [9.17, 15) is 0 Å². The molecule has 0 saturated heterocycles. The lowest BCUT2D eigenvalue weighted by atomic mass is 10.2. The molecule has 48 heavy (non-hydrogen) atoms. The Morgan fingerprint density at radius 3 is 0.354 bits per heavy atom. The van der Waals surface area contributed by atoms with Crippen LogP contribution >= 0.6 is 0 Å². The highest BCUT2D eigenvalue weighted by Crippen LogP contribution is 2.66. The van der Waals surface area contributed by atoms with Gasteiger partial charge in [0.15, 0.2) is 0 Å². The van der Waals surface area contributed by atoms with Crippen molar-refractivity contribution in [2.24, 2.45) is 0 Å². The van der Waals surface area contributed by atoms with Crippen LogP contribution in [0.3, 0.4) is 0 Å². The molecule has 0 saturated carbocycles. The normalized spacial score (nSPS) is 17.1.